The summed E-state index contributed by atoms with van der Waals surface area (Å²) in [6, 6.07) is 8.92. The molecule has 0 unspecified atom stereocenters. The Kier molecular flexibility index (Phi) is 4.47. The zero-order valence-corrected chi connectivity index (χ0v) is 15.7. The zero-order valence-electron chi connectivity index (χ0n) is 14.9. The molecular formula is C19H27N3S. The molecule has 1 fully saturated rings. The van der Waals surface area contributed by atoms with Gasteiger partial charge in [-0.3, -0.25) is 0 Å². The third-order valence-electron chi connectivity index (χ3n) is 4.58. The number of nitrogens with zero attached hydrogens (tertiary/aromatic N) is 3. The van der Waals surface area contributed by atoms with E-state index in [1.807, 2.05) is 11.3 Å². The summed E-state index contributed by atoms with van der Waals surface area (Å²) in [4.78, 5) is 11.1. The number of hydrogen-bond donors (Lipinski definition) is 0. The molecule has 2 aromatic rings. The lowest BCUT2D eigenvalue weighted by Gasteiger charge is -2.32. The molecule has 0 atom stereocenters. The van der Waals surface area contributed by atoms with E-state index >= 15 is 0 Å². The first-order chi connectivity index (χ1) is 10.8. The Morgan fingerprint density at radius 1 is 1.00 bits per heavy atom. The van der Waals surface area contributed by atoms with E-state index in [1.54, 1.807) is 0 Å². The summed E-state index contributed by atoms with van der Waals surface area (Å²) in [5.41, 5.74) is 3.94. The third-order valence-corrected chi connectivity index (χ3v) is 5.62. The first-order valence-electron chi connectivity index (χ1n) is 8.36. The Morgan fingerprint density at radius 2 is 1.61 bits per heavy atom. The van der Waals surface area contributed by atoms with Gasteiger partial charge in [0.15, 0.2) is 5.13 Å². The van der Waals surface area contributed by atoms with Gasteiger partial charge < -0.3 is 9.80 Å². The van der Waals surface area contributed by atoms with Crippen molar-refractivity contribution in [3.63, 3.8) is 0 Å². The highest BCUT2D eigenvalue weighted by atomic mass is 32.1. The second kappa shape index (κ2) is 6.25. The van der Waals surface area contributed by atoms with Crippen LogP contribution in [-0.4, -0.2) is 43.1 Å². The van der Waals surface area contributed by atoms with Gasteiger partial charge in [-0.15, -0.1) is 11.3 Å². The first-order valence-corrected chi connectivity index (χ1v) is 9.18. The minimum absolute atomic E-state index is 0.195. The fraction of sp³-hybridized carbons (Fsp3) is 0.526. The lowest BCUT2D eigenvalue weighted by atomic mass is 9.86. The van der Waals surface area contributed by atoms with Crippen LogP contribution in [0.15, 0.2) is 24.3 Å². The summed E-state index contributed by atoms with van der Waals surface area (Å²) in [5.74, 6) is 0. The molecule has 0 aliphatic carbocycles. The Hall–Kier alpha value is -1.39. The molecule has 3 nitrogen and oxygen atoms in total. The minimum atomic E-state index is 0.195. The molecule has 1 aromatic heterocycles. The van der Waals surface area contributed by atoms with Crippen LogP contribution < -0.4 is 4.90 Å². The topological polar surface area (TPSA) is 19.4 Å². The average molecular weight is 330 g/mol. The molecule has 3 rings (SSSR count). The van der Waals surface area contributed by atoms with Crippen molar-refractivity contribution in [2.24, 2.45) is 0 Å². The maximum absolute atomic E-state index is 4.95. The van der Waals surface area contributed by atoms with Gasteiger partial charge in [-0.1, -0.05) is 45.0 Å². The molecule has 1 saturated heterocycles. The molecule has 0 radical (unpaired) electrons. The fourth-order valence-electron chi connectivity index (χ4n) is 2.91. The van der Waals surface area contributed by atoms with Crippen LogP contribution in [0.25, 0.3) is 11.3 Å². The predicted molar refractivity (Wildman–Crippen MR) is 101 cm³/mol. The molecular weight excluding hydrogens is 302 g/mol. The van der Waals surface area contributed by atoms with Crippen LogP contribution in [0.2, 0.25) is 0 Å². The van der Waals surface area contributed by atoms with Gasteiger partial charge in [-0.05, 0) is 24.9 Å². The third kappa shape index (κ3) is 3.59. The summed E-state index contributed by atoms with van der Waals surface area (Å²) < 4.78 is 0. The summed E-state index contributed by atoms with van der Waals surface area (Å²) in [5, 5.41) is 1.17. The van der Waals surface area contributed by atoms with E-state index in [1.165, 1.54) is 21.1 Å². The van der Waals surface area contributed by atoms with E-state index in [0.717, 1.165) is 31.9 Å². The van der Waals surface area contributed by atoms with Gasteiger partial charge in [0.25, 0.3) is 0 Å². The molecule has 1 aliphatic rings. The smallest absolute Gasteiger partial charge is 0.186 e. The quantitative estimate of drug-likeness (QED) is 0.824. The van der Waals surface area contributed by atoms with E-state index in [-0.39, 0.29) is 5.41 Å². The van der Waals surface area contributed by atoms with Crippen molar-refractivity contribution in [2.45, 2.75) is 33.1 Å². The number of thiazole rings is 1. The van der Waals surface area contributed by atoms with Gasteiger partial charge in [0, 0.05) is 36.6 Å². The van der Waals surface area contributed by atoms with Crippen LogP contribution in [0, 0.1) is 6.92 Å². The maximum atomic E-state index is 4.95. The fourth-order valence-corrected chi connectivity index (χ4v) is 3.89. The van der Waals surface area contributed by atoms with E-state index < -0.39 is 0 Å². The molecule has 0 N–H and O–H groups in total. The van der Waals surface area contributed by atoms with E-state index in [2.05, 4.69) is 68.8 Å². The summed E-state index contributed by atoms with van der Waals surface area (Å²) in [6.07, 6.45) is 0. The van der Waals surface area contributed by atoms with Crippen LogP contribution in [0.5, 0.6) is 0 Å². The van der Waals surface area contributed by atoms with Crippen molar-refractivity contribution in [1.82, 2.24) is 9.88 Å². The molecule has 0 spiro atoms. The first kappa shape index (κ1) is 16.5. The Bertz CT molecular complexity index is 659. The number of rotatable bonds is 2. The van der Waals surface area contributed by atoms with Crippen LogP contribution in [0.4, 0.5) is 5.13 Å². The normalized spacial score (nSPS) is 16.8. The largest absolute Gasteiger partial charge is 0.346 e. The zero-order chi connectivity index (χ0) is 16.6. The molecule has 2 heterocycles. The van der Waals surface area contributed by atoms with Crippen molar-refractivity contribution >= 4 is 16.5 Å². The number of benzene rings is 1. The number of hydrogen-bond acceptors (Lipinski definition) is 4. The molecule has 23 heavy (non-hydrogen) atoms. The molecule has 1 aromatic carbocycles. The lowest BCUT2D eigenvalue weighted by molar-refractivity contribution is 0.313. The van der Waals surface area contributed by atoms with E-state index in [0.29, 0.717) is 0 Å². The van der Waals surface area contributed by atoms with Gasteiger partial charge in [0.05, 0.1) is 5.69 Å². The summed E-state index contributed by atoms with van der Waals surface area (Å²) in [7, 11) is 2.19. The Morgan fingerprint density at radius 3 is 2.17 bits per heavy atom. The standard InChI is InChI=1S/C19H27N3S/c1-14-17(15-6-8-16(9-7-15)19(2,3)4)20-18(23-14)22-12-10-21(5)11-13-22/h6-9H,10-13H2,1-5H3. The number of aromatic nitrogens is 1. The Labute approximate surface area is 144 Å². The average Bonchev–Trinajstić information content (AvgIpc) is 2.89. The summed E-state index contributed by atoms with van der Waals surface area (Å²) in [6.45, 7) is 13.3. The molecule has 1 aliphatic heterocycles. The monoisotopic (exact) mass is 329 g/mol. The van der Waals surface area contributed by atoms with Gasteiger partial charge in [0.2, 0.25) is 0 Å². The van der Waals surface area contributed by atoms with Crippen molar-refractivity contribution in [1.29, 1.82) is 0 Å². The highest BCUT2D eigenvalue weighted by Gasteiger charge is 2.20. The van der Waals surface area contributed by atoms with Crippen molar-refractivity contribution in [3.05, 3.63) is 34.7 Å². The van der Waals surface area contributed by atoms with Crippen molar-refractivity contribution in [2.75, 3.05) is 38.1 Å². The van der Waals surface area contributed by atoms with Crippen molar-refractivity contribution < 1.29 is 0 Å². The number of likely N-dealkylation sites (N-methyl/N-ethyl adjacent to an activating group) is 1. The van der Waals surface area contributed by atoms with Crippen LogP contribution >= 0.6 is 11.3 Å². The second-order valence-corrected chi connectivity index (χ2v) is 8.70. The molecule has 0 saturated carbocycles. The number of aryl methyl sites for hydroxylation is 1. The summed E-state index contributed by atoms with van der Waals surface area (Å²) >= 11 is 1.82. The maximum Gasteiger partial charge on any atom is 0.186 e. The molecule has 0 bridgehead atoms. The minimum Gasteiger partial charge on any atom is -0.346 e. The molecule has 0 amide bonds. The second-order valence-electron chi connectivity index (χ2n) is 7.52. The van der Waals surface area contributed by atoms with Crippen LogP contribution in [0.1, 0.15) is 31.2 Å². The number of anilines is 1. The van der Waals surface area contributed by atoms with Gasteiger partial charge >= 0.3 is 0 Å². The Balaban J connectivity index is 1.83. The van der Waals surface area contributed by atoms with Crippen LogP contribution in [-0.2, 0) is 5.41 Å². The van der Waals surface area contributed by atoms with E-state index in [9.17, 15) is 0 Å². The SMILES string of the molecule is Cc1sc(N2CCN(C)CC2)nc1-c1ccc(C(C)(C)C)cc1. The van der Waals surface area contributed by atoms with Crippen molar-refractivity contribution in [3.8, 4) is 11.3 Å². The highest BCUT2D eigenvalue weighted by Crippen LogP contribution is 2.34. The predicted octanol–water partition coefficient (Wildman–Crippen LogP) is 4.17. The van der Waals surface area contributed by atoms with Gasteiger partial charge in [-0.25, -0.2) is 4.98 Å². The van der Waals surface area contributed by atoms with Crippen LogP contribution in [0.3, 0.4) is 0 Å². The number of piperazine rings is 1. The molecule has 4 heteroatoms. The highest BCUT2D eigenvalue weighted by molar-refractivity contribution is 7.16. The van der Waals surface area contributed by atoms with E-state index in [4.69, 9.17) is 4.98 Å². The van der Waals surface area contributed by atoms with Gasteiger partial charge in [0.1, 0.15) is 0 Å². The lowest BCUT2D eigenvalue weighted by Crippen LogP contribution is -2.44. The molecule has 124 valence electrons. The van der Waals surface area contributed by atoms with Gasteiger partial charge in [-0.2, -0.15) is 0 Å².